The molecule has 0 aromatic heterocycles. The summed E-state index contributed by atoms with van der Waals surface area (Å²) in [5.74, 6) is 0. The normalized spacial score (nSPS) is 0. The van der Waals surface area contributed by atoms with E-state index in [1.807, 2.05) is 0 Å². The van der Waals surface area contributed by atoms with Crippen LogP contribution in [0.15, 0.2) is 0 Å². The van der Waals surface area contributed by atoms with Gasteiger partial charge in [0.1, 0.15) is 0 Å². The molecule has 18 radical (unpaired) electrons. The van der Waals surface area contributed by atoms with Crippen LogP contribution in [0.5, 0.6) is 0 Å². The van der Waals surface area contributed by atoms with Crippen molar-refractivity contribution < 1.29 is 17.1 Å². The SMILES string of the molecule is [Al].[Al].[Al].[Al].[Al].[Al].[Fe]. The van der Waals surface area contributed by atoms with Crippen molar-refractivity contribution in [2.45, 2.75) is 0 Å². The molecule has 0 unspecified atom stereocenters. The summed E-state index contributed by atoms with van der Waals surface area (Å²) < 4.78 is 0. The second-order valence-corrected chi connectivity index (χ2v) is 0. The fourth-order valence-corrected chi connectivity index (χ4v) is 0. The molecule has 0 N–H and O–H groups in total. The van der Waals surface area contributed by atoms with Crippen molar-refractivity contribution in [1.29, 1.82) is 0 Å². The minimum atomic E-state index is 0. The van der Waals surface area contributed by atoms with Crippen molar-refractivity contribution in [1.82, 2.24) is 0 Å². The van der Waals surface area contributed by atoms with Gasteiger partial charge < -0.3 is 0 Å². The van der Waals surface area contributed by atoms with Crippen molar-refractivity contribution in [3.05, 3.63) is 0 Å². The summed E-state index contributed by atoms with van der Waals surface area (Å²) in [5, 5.41) is 0. The fourth-order valence-electron chi connectivity index (χ4n) is 0. The predicted octanol–water partition coefficient (Wildman–Crippen LogP) is -2.29. The molecule has 7 heteroatoms. The van der Waals surface area contributed by atoms with E-state index in [0.717, 1.165) is 0 Å². The number of rotatable bonds is 0. The molecule has 0 rings (SSSR count). The zero-order valence-corrected chi connectivity index (χ0v) is 11.9. The van der Waals surface area contributed by atoms with Gasteiger partial charge in [0.25, 0.3) is 0 Å². The van der Waals surface area contributed by atoms with Crippen molar-refractivity contribution in [2.24, 2.45) is 0 Å². The van der Waals surface area contributed by atoms with Crippen LogP contribution < -0.4 is 0 Å². The smallest absolute Gasteiger partial charge is 0 e. The van der Waals surface area contributed by atoms with Crippen LogP contribution in [0.4, 0.5) is 0 Å². The van der Waals surface area contributed by atoms with E-state index in [-0.39, 0.29) is 121 Å². The molecule has 0 nitrogen and oxygen atoms in total. The zero-order chi connectivity index (χ0) is 0. The molecule has 0 aliphatic heterocycles. The molecule has 0 aromatic carbocycles. The minimum Gasteiger partial charge on any atom is 0 e. The van der Waals surface area contributed by atoms with E-state index in [1.54, 1.807) is 0 Å². The van der Waals surface area contributed by atoms with Crippen molar-refractivity contribution >= 4 is 104 Å². The number of hydrogen-bond acceptors (Lipinski definition) is 0. The Bertz CT molecular complexity index is 4.14. The maximum Gasteiger partial charge on any atom is 0 e. The molecule has 0 heterocycles. The van der Waals surface area contributed by atoms with Crippen LogP contribution in [0.25, 0.3) is 0 Å². The molecule has 0 saturated carbocycles. The molecule has 0 aliphatic rings. The molecule has 0 atom stereocenters. The molecule has 7 heavy (non-hydrogen) atoms. The van der Waals surface area contributed by atoms with Gasteiger partial charge in [0.2, 0.25) is 0 Å². The fraction of sp³-hybridized carbons (Fsp3) is 0. The first-order valence-electron chi connectivity index (χ1n) is 0. The second-order valence-electron chi connectivity index (χ2n) is 0. The zero-order valence-electron chi connectivity index (χ0n) is 3.82. The van der Waals surface area contributed by atoms with Crippen LogP contribution in [0.3, 0.4) is 0 Å². The van der Waals surface area contributed by atoms with Gasteiger partial charge in [-0.1, -0.05) is 0 Å². The van der Waals surface area contributed by atoms with Crippen LogP contribution >= 0.6 is 0 Å². The molecule has 0 fully saturated rings. The Morgan fingerprint density at radius 2 is 0.286 bits per heavy atom. The third kappa shape index (κ3) is 41.9. The first-order valence-corrected chi connectivity index (χ1v) is 0. The molecule has 26 valence electrons. The Morgan fingerprint density at radius 3 is 0.286 bits per heavy atom. The first-order chi connectivity index (χ1) is 0. The summed E-state index contributed by atoms with van der Waals surface area (Å²) in [6.45, 7) is 0. The first kappa shape index (κ1) is 73.3. The van der Waals surface area contributed by atoms with E-state index in [9.17, 15) is 0 Å². The largest absolute Gasteiger partial charge is 0 e. The Hall–Kier alpha value is 3.71. The van der Waals surface area contributed by atoms with Crippen LogP contribution in [0, 0.1) is 0 Å². The average molecular weight is 218 g/mol. The Balaban J connectivity index is 0. The summed E-state index contributed by atoms with van der Waals surface area (Å²) in [5.41, 5.74) is 0. The summed E-state index contributed by atoms with van der Waals surface area (Å²) in [4.78, 5) is 0. The molecule has 0 aliphatic carbocycles. The van der Waals surface area contributed by atoms with Crippen molar-refractivity contribution in [3.8, 4) is 0 Å². The predicted molar refractivity (Wildman–Crippen MR) is 34.5 cm³/mol. The van der Waals surface area contributed by atoms with Gasteiger partial charge in [-0.2, -0.15) is 0 Å². The van der Waals surface area contributed by atoms with Gasteiger partial charge in [0.05, 0.1) is 0 Å². The van der Waals surface area contributed by atoms with Gasteiger partial charge in [-0.15, -0.1) is 0 Å². The Kier molecular flexibility index (Phi) is 560. The summed E-state index contributed by atoms with van der Waals surface area (Å²) in [7, 11) is 0. The van der Waals surface area contributed by atoms with Gasteiger partial charge in [-0.25, -0.2) is 0 Å². The van der Waals surface area contributed by atoms with Crippen molar-refractivity contribution in [2.75, 3.05) is 0 Å². The van der Waals surface area contributed by atoms with Gasteiger partial charge in [-0.3, -0.25) is 0 Å². The monoisotopic (exact) mass is 218 g/mol. The quantitative estimate of drug-likeness (QED) is 0.401. The molecule has 0 spiro atoms. The molecule has 0 bridgehead atoms. The van der Waals surface area contributed by atoms with Crippen LogP contribution in [-0.2, 0) is 17.1 Å². The third-order valence-electron chi connectivity index (χ3n) is 0. The van der Waals surface area contributed by atoms with Gasteiger partial charge in [0, 0.05) is 121 Å². The van der Waals surface area contributed by atoms with E-state index < -0.39 is 0 Å². The van der Waals surface area contributed by atoms with Crippen molar-refractivity contribution in [3.63, 3.8) is 0 Å². The third-order valence-corrected chi connectivity index (χ3v) is 0. The summed E-state index contributed by atoms with van der Waals surface area (Å²) in [6.07, 6.45) is 0. The Labute approximate surface area is 119 Å². The molecule has 0 saturated heterocycles. The van der Waals surface area contributed by atoms with E-state index in [4.69, 9.17) is 0 Å². The molecule has 0 amide bonds. The van der Waals surface area contributed by atoms with Crippen LogP contribution in [0.2, 0.25) is 0 Å². The average Bonchev–Trinajstić information content (AvgIpc) is 0. The molecule has 0 aromatic rings. The van der Waals surface area contributed by atoms with E-state index in [2.05, 4.69) is 0 Å². The van der Waals surface area contributed by atoms with Gasteiger partial charge >= 0.3 is 0 Å². The summed E-state index contributed by atoms with van der Waals surface area (Å²) >= 11 is 0. The van der Waals surface area contributed by atoms with E-state index in [0.29, 0.717) is 0 Å². The number of hydrogen-bond donors (Lipinski definition) is 0. The summed E-state index contributed by atoms with van der Waals surface area (Å²) in [6, 6.07) is 0. The van der Waals surface area contributed by atoms with Crippen LogP contribution in [0.1, 0.15) is 0 Å². The molecular formula is Al6Fe. The second kappa shape index (κ2) is 53.5. The molecular weight excluding hydrogens is 218 g/mol. The topological polar surface area (TPSA) is 0 Å². The van der Waals surface area contributed by atoms with Gasteiger partial charge in [-0.05, 0) is 0 Å². The standard InChI is InChI=1S/6Al.Fe. The van der Waals surface area contributed by atoms with Crippen LogP contribution in [-0.4, -0.2) is 104 Å². The minimum absolute atomic E-state index is 0. The Morgan fingerprint density at radius 1 is 0.286 bits per heavy atom. The maximum atomic E-state index is 0. The van der Waals surface area contributed by atoms with E-state index >= 15 is 0 Å². The van der Waals surface area contributed by atoms with Gasteiger partial charge in [0.15, 0.2) is 0 Å². The van der Waals surface area contributed by atoms with E-state index in [1.165, 1.54) is 0 Å². The maximum absolute atomic E-state index is 0.